The van der Waals surface area contributed by atoms with Crippen molar-refractivity contribution in [3.8, 4) is 17.2 Å². The fourth-order valence-corrected chi connectivity index (χ4v) is 2.52. The van der Waals surface area contributed by atoms with Crippen molar-refractivity contribution in [1.82, 2.24) is 4.98 Å². The number of carbonyl (C=O) groups excluding carboxylic acids is 1. The minimum atomic E-state index is -0.317. The van der Waals surface area contributed by atoms with E-state index in [9.17, 15) is 4.79 Å². The van der Waals surface area contributed by atoms with Crippen molar-refractivity contribution in [1.29, 1.82) is 0 Å². The van der Waals surface area contributed by atoms with Crippen LogP contribution in [-0.2, 0) is 0 Å². The summed E-state index contributed by atoms with van der Waals surface area (Å²) in [7, 11) is 4.49. The molecule has 1 aromatic carbocycles. The van der Waals surface area contributed by atoms with Crippen molar-refractivity contribution in [3.05, 3.63) is 28.8 Å². The molecule has 0 unspecified atom stereocenters. The fourth-order valence-electron chi connectivity index (χ4n) is 1.86. The second-order valence-electron chi connectivity index (χ2n) is 4.11. The van der Waals surface area contributed by atoms with Gasteiger partial charge in [0, 0.05) is 11.1 Å². The van der Waals surface area contributed by atoms with E-state index in [0.717, 1.165) is 4.88 Å². The van der Waals surface area contributed by atoms with E-state index in [1.54, 1.807) is 18.3 Å². The smallest absolute Gasteiger partial charge is 0.261 e. The molecular formula is C14H16N2O4S. The highest BCUT2D eigenvalue weighted by molar-refractivity contribution is 7.15. The number of ether oxygens (including phenoxy) is 3. The van der Waals surface area contributed by atoms with Gasteiger partial charge in [-0.05, 0) is 19.1 Å². The molecule has 1 heterocycles. The highest BCUT2D eigenvalue weighted by Crippen LogP contribution is 2.40. The largest absolute Gasteiger partial charge is 0.493 e. The highest BCUT2D eigenvalue weighted by Gasteiger charge is 2.21. The third kappa shape index (κ3) is 3.08. The zero-order valence-electron chi connectivity index (χ0n) is 12.2. The second-order valence-corrected chi connectivity index (χ2v) is 5.35. The van der Waals surface area contributed by atoms with Crippen molar-refractivity contribution >= 4 is 22.4 Å². The van der Waals surface area contributed by atoms with Gasteiger partial charge in [0.1, 0.15) is 0 Å². The van der Waals surface area contributed by atoms with Crippen LogP contribution in [0.3, 0.4) is 0 Å². The van der Waals surface area contributed by atoms with Gasteiger partial charge in [-0.25, -0.2) is 4.98 Å². The number of methoxy groups -OCH3 is 3. The molecule has 1 N–H and O–H groups in total. The van der Waals surface area contributed by atoms with Crippen LogP contribution in [0.5, 0.6) is 17.2 Å². The number of rotatable bonds is 5. The Labute approximate surface area is 126 Å². The lowest BCUT2D eigenvalue weighted by molar-refractivity contribution is 0.102. The van der Waals surface area contributed by atoms with Crippen molar-refractivity contribution in [3.63, 3.8) is 0 Å². The van der Waals surface area contributed by atoms with E-state index in [1.807, 2.05) is 6.92 Å². The number of hydrogen-bond donors (Lipinski definition) is 1. The third-order valence-corrected chi connectivity index (χ3v) is 3.62. The molecule has 112 valence electrons. The monoisotopic (exact) mass is 308 g/mol. The molecule has 0 aliphatic rings. The van der Waals surface area contributed by atoms with E-state index in [2.05, 4.69) is 10.3 Å². The van der Waals surface area contributed by atoms with Gasteiger partial charge >= 0.3 is 0 Å². The molecule has 0 spiro atoms. The number of anilines is 1. The lowest BCUT2D eigenvalue weighted by atomic mass is 10.1. The first-order valence-electron chi connectivity index (χ1n) is 6.13. The van der Waals surface area contributed by atoms with Gasteiger partial charge in [0.05, 0.1) is 26.9 Å². The summed E-state index contributed by atoms with van der Waals surface area (Å²) in [5.41, 5.74) is 0.350. The minimum Gasteiger partial charge on any atom is -0.493 e. The van der Waals surface area contributed by atoms with Crippen molar-refractivity contribution in [2.75, 3.05) is 26.6 Å². The van der Waals surface area contributed by atoms with Gasteiger partial charge in [0.15, 0.2) is 16.6 Å². The van der Waals surface area contributed by atoms with Gasteiger partial charge in [-0.1, -0.05) is 0 Å². The molecule has 0 radical (unpaired) electrons. The van der Waals surface area contributed by atoms with Crippen LogP contribution < -0.4 is 19.5 Å². The normalized spacial score (nSPS) is 10.1. The molecule has 7 heteroatoms. The summed E-state index contributed by atoms with van der Waals surface area (Å²) in [5, 5.41) is 3.27. The second kappa shape index (κ2) is 6.45. The van der Waals surface area contributed by atoms with Gasteiger partial charge in [-0.3, -0.25) is 10.1 Å². The number of nitrogens with zero attached hydrogens (tertiary/aromatic N) is 1. The Morgan fingerprint density at radius 2 is 1.86 bits per heavy atom. The molecule has 0 bridgehead atoms. The number of hydrogen-bond acceptors (Lipinski definition) is 6. The Bertz CT molecular complexity index is 654. The van der Waals surface area contributed by atoms with Crippen LogP contribution in [0.15, 0.2) is 18.3 Å². The minimum absolute atomic E-state index is 0.317. The number of nitrogens with one attached hydrogen (secondary N) is 1. The van der Waals surface area contributed by atoms with Gasteiger partial charge < -0.3 is 14.2 Å². The number of amides is 1. The summed E-state index contributed by atoms with van der Waals surface area (Å²) >= 11 is 1.40. The lowest BCUT2D eigenvalue weighted by Gasteiger charge is -2.15. The van der Waals surface area contributed by atoms with E-state index < -0.39 is 0 Å². The van der Waals surface area contributed by atoms with Crippen molar-refractivity contribution < 1.29 is 19.0 Å². The van der Waals surface area contributed by atoms with E-state index in [-0.39, 0.29) is 5.91 Å². The SMILES string of the molecule is COc1ccc(C(=O)Nc2ncc(C)s2)c(OC)c1OC. The average molecular weight is 308 g/mol. The Morgan fingerprint density at radius 1 is 1.14 bits per heavy atom. The molecule has 2 aromatic rings. The first-order valence-corrected chi connectivity index (χ1v) is 6.95. The van der Waals surface area contributed by atoms with Crippen LogP contribution in [0, 0.1) is 6.92 Å². The van der Waals surface area contributed by atoms with E-state index in [0.29, 0.717) is 27.9 Å². The van der Waals surface area contributed by atoms with Gasteiger partial charge in [-0.15, -0.1) is 11.3 Å². The molecular weight excluding hydrogens is 292 g/mol. The van der Waals surface area contributed by atoms with Gasteiger partial charge in [-0.2, -0.15) is 0 Å². The maximum atomic E-state index is 12.4. The Morgan fingerprint density at radius 3 is 2.38 bits per heavy atom. The van der Waals surface area contributed by atoms with Crippen molar-refractivity contribution in [2.45, 2.75) is 6.92 Å². The predicted octanol–water partition coefficient (Wildman–Crippen LogP) is 2.73. The molecule has 2 rings (SSSR count). The lowest BCUT2D eigenvalue weighted by Crippen LogP contribution is -2.13. The highest BCUT2D eigenvalue weighted by atomic mass is 32.1. The molecule has 0 aliphatic carbocycles. The Hall–Kier alpha value is -2.28. The molecule has 0 fully saturated rings. The molecule has 1 amide bonds. The molecule has 1 aromatic heterocycles. The van der Waals surface area contributed by atoms with E-state index in [4.69, 9.17) is 14.2 Å². The van der Waals surface area contributed by atoms with E-state index >= 15 is 0 Å². The zero-order chi connectivity index (χ0) is 15.4. The summed E-state index contributed by atoms with van der Waals surface area (Å²) in [6.45, 7) is 1.92. The summed E-state index contributed by atoms with van der Waals surface area (Å²) in [4.78, 5) is 17.5. The summed E-state index contributed by atoms with van der Waals surface area (Å²) in [6.07, 6.45) is 1.70. The molecule has 0 saturated carbocycles. The van der Waals surface area contributed by atoms with Gasteiger partial charge in [0.2, 0.25) is 5.75 Å². The topological polar surface area (TPSA) is 69.7 Å². The van der Waals surface area contributed by atoms with Crippen LogP contribution in [0.25, 0.3) is 0 Å². The summed E-state index contributed by atoms with van der Waals surface area (Å²) < 4.78 is 15.7. The molecule has 21 heavy (non-hydrogen) atoms. The number of aromatic nitrogens is 1. The quantitative estimate of drug-likeness (QED) is 0.919. The van der Waals surface area contributed by atoms with Crippen LogP contribution in [-0.4, -0.2) is 32.2 Å². The standard InChI is InChI=1S/C14H16N2O4S/c1-8-7-15-14(21-8)16-13(17)9-5-6-10(18-2)12(20-4)11(9)19-3/h5-7H,1-4H3,(H,15,16,17). The molecule has 0 atom stereocenters. The number of aryl methyl sites for hydroxylation is 1. The molecule has 0 saturated heterocycles. The maximum Gasteiger partial charge on any atom is 0.261 e. The van der Waals surface area contributed by atoms with Gasteiger partial charge in [0.25, 0.3) is 5.91 Å². The zero-order valence-corrected chi connectivity index (χ0v) is 13.0. The van der Waals surface area contributed by atoms with Crippen LogP contribution >= 0.6 is 11.3 Å². The third-order valence-electron chi connectivity index (χ3n) is 2.79. The van der Waals surface area contributed by atoms with Crippen LogP contribution in [0.4, 0.5) is 5.13 Å². The summed E-state index contributed by atoms with van der Waals surface area (Å²) in [5.74, 6) is 0.878. The Kier molecular flexibility index (Phi) is 4.64. The number of thiazole rings is 1. The number of benzene rings is 1. The van der Waals surface area contributed by atoms with Crippen molar-refractivity contribution in [2.24, 2.45) is 0 Å². The summed E-state index contributed by atoms with van der Waals surface area (Å²) in [6, 6.07) is 3.28. The number of carbonyl (C=O) groups is 1. The first-order chi connectivity index (χ1) is 10.1. The predicted molar refractivity (Wildman–Crippen MR) is 80.9 cm³/mol. The van der Waals surface area contributed by atoms with E-state index in [1.165, 1.54) is 32.7 Å². The maximum absolute atomic E-state index is 12.4. The first kappa shape index (κ1) is 15.1. The van der Waals surface area contributed by atoms with Crippen LogP contribution in [0.2, 0.25) is 0 Å². The fraction of sp³-hybridized carbons (Fsp3) is 0.286. The van der Waals surface area contributed by atoms with Crippen LogP contribution in [0.1, 0.15) is 15.2 Å². The molecule has 6 nitrogen and oxygen atoms in total. The Balaban J connectivity index is 2.36. The average Bonchev–Trinajstić information content (AvgIpc) is 2.90. The molecule has 0 aliphatic heterocycles.